The number of aromatic nitrogens is 4. The Morgan fingerprint density at radius 3 is 2.43 bits per heavy atom. The standard InChI is InChI=1S/C14H8N3.C11H8N.Ir/c1-2-5-11-10(4-1)13-8-15-9-17(13)12-6-3-7-16-14(11)12;1-2-6-10(7-3-1)11-8-4-5-9-12-11;/h1-4,6-9H;1-6,8-9H;/q2*-1;. The van der Waals surface area contributed by atoms with E-state index in [0.717, 1.165) is 38.6 Å². The van der Waals surface area contributed by atoms with Gasteiger partial charge in [0.1, 0.15) is 0 Å². The van der Waals surface area contributed by atoms with E-state index in [0.29, 0.717) is 0 Å². The first kappa shape index (κ1) is 19.9. The molecule has 0 aliphatic rings. The summed E-state index contributed by atoms with van der Waals surface area (Å²) in [5, 5.41) is 2.19. The largest absolute Gasteiger partial charge is 0.314 e. The Bertz CT molecular complexity index is 1290. The molecule has 0 saturated heterocycles. The smallest absolute Gasteiger partial charge is 0.0983 e. The Labute approximate surface area is 187 Å². The van der Waals surface area contributed by atoms with Crippen LogP contribution in [0.25, 0.3) is 38.6 Å². The van der Waals surface area contributed by atoms with Crippen molar-refractivity contribution < 1.29 is 20.1 Å². The molecule has 147 valence electrons. The van der Waals surface area contributed by atoms with Crippen LogP contribution in [-0.4, -0.2) is 19.4 Å². The molecule has 0 aliphatic heterocycles. The fourth-order valence-corrected chi connectivity index (χ4v) is 3.39. The van der Waals surface area contributed by atoms with E-state index in [1.54, 1.807) is 6.20 Å². The van der Waals surface area contributed by atoms with Crippen LogP contribution in [0.3, 0.4) is 0 Å². The van der Waals surface area contributed by atoms with Gasteiger partial charge in [0, 0.05) is 55.2 Å². The van der Waals surface area contributed by atoms with Gasteiger partial charge in [-0.05, 0) is 23.9 Å². The van der Waals surface area contributed by atoms with E-state index < -0.39 is 0 Å². The van der Waals surface area contributed by atoms with Gasteiger partial charge in [0.2, 0.25) is 0 Å². The zero-order valence-corrected chi connectivity index (χ0v) is 18.3. The second kappa shape index (κ2) is 8.95. The minimum absolute atomic E-state index is 0. The minimum atomic E-state index is 0. The monoisotopic (exact) mass is 565 g/mol. The van der Waals surface area contributed by atoms with Crippen molar-refractivity contribution in [2.24, 2.45) is 0 Å². The number of hydrogen-bond donors (Lipinski definition) is 0. The Kier molecular flexibility index (Phi) is 5.94. The number of benzene rings is 2. The van der Waals surface area contributed by atoms with E-state index in [2.05, 4.69) is 43.6 Å². The molecule has 0 bridgehead atoms. The molecule has 0 fully saturated rings. The maximum Gasteiger partial charge on any atom is 0.0983 e. The van der Waals surface area contributed by atoms with Crippen molar-refractivity contribution in [3.63, 3.8) is 0 Å². The third-order valence-electron chi connectivity index (χ3n) is 4.70. The van der Waals surface area contributed by atoms with Gasteiger partial charge in [-0.25, -0.2) is 4.98 Å². The van der Waals surface area contributed by atoms with Crippen LogP contribution in [0.5, 0.6) is 0 Å². The summed E-state index contributed by atoms with van der Waals surface area (Å²) in [6, 6.07) is 30.1. The number of fused-ring (bicyclic) bond motifs is 6. The topological polar surface area (TPSA) is 43.1 Å². The van der Waals surface area contributed by atoms with Crippen LogP contribution >= 0.6 is 0 Å². The molecule has 4 aromatic heterocycles. The van der Waals surface area contributed by atoms with Gasteiger partial charge in [0.05, 0.1) is 6.33 Å². The molecule has 0 N–H and O–H groups in total. The molecule has 0 amide bonds. The first-order valence-corrected chi connectivity index (χ1v) is 9.29. The second-order valence-corrected chi connectivity index (χ2v) is 6.47. The molecule has 1 radical (unpaired) electrons. The summed E-state index contributed by atoms with van der Waals surface area (Å²) in [6.45, 7) is 0. The summed E-state index contributed by atoms with van der Waals surface area (Å²) in [5.41, 5.74) is 5.14. The molecule has 0 unspecified atom stereocenters. The van der Waals surface area contributed by atoms with Crippen LogP contribution in [0.1, 0.15) is 0 Å². The first-order valence-electron chi connectivity index (χ1n) is 9.29. The molecule has 30 heavy (non-hydrogen) atoms. The molecule has 4 heterocycles. The summed E-state index contributed by atoms with van der Waals surface area (Å²) in [6.07, 6.45) is 7.30. The molecule has 0 saturated carbocycles. The van der Waals surface area contributed by atoms with E-state index in [9.17, 15) is 0 Å². The fourth-order valence-electron chi connectivity index (χ4n) is 3.39. The number of nitrogens with zero attached hydrogens (tertiary/aromatic N) is 4. The van der Waals surface area contributed by atoms with E-state index in [1.165, 1.54) is 0 Å². The van der Waals surface area contributed by atoms with Gasteiger partial charge in [-0.3, -0.25) is 0 Å². The van der Waals surface area contributed by atoms with Gasteiger partial charge in [-0.1, -0.05) is 17.5 Å². The van der Waals surface area contributed by atoms with Crippen LogP contribution in [-0.2, 0) is 20.1 Å². The van der Waals surface area contributed by atoms with Crippen molar-refractivity contribution in [3.05, 3.63) is 110 Å². The number of pyridine rings is 3. The van der Waals surface area contributed by atoms with E-state index >= 15 is 0 Å². The maximum atomic E-state index is 4.46. The normalized spacial score (nSPS) is 10.4. The summed E-state index contributed by atoms with van der Waals surface area (Å²) in [7, 11) is 0. The van der Waals surface area contributed by atoms with E-state index in [4.69, 9.17) is 0 Å². The van der Waals surface area contributed by atoms with Gasteiger partial charge in [-0.2, -0.15) is 0 Å². The first-order chi connectivity index (χ1) is 14.4. The molecular weight excluding hydrogens is 549 g/mol. The maximum absolute atomic E-state index is 4.46. The van der Waals surface area contributed by atoms with Crippen molar-refractivity contribution in [1.82, 2.24) is 19.4 Å². The zero-order valence-electron chi connectivity index (χ0n) is 15.9. The van der Waals surface area contributed by atoms with Gasteiger partial charge < -0.3 is 14.4 Å². The summed E-state index contributed by atoms with van der Waals surface area (Å²) >= 11 is 0. The van der Waals surface area contributed by atoms with E-state index in [1.807, 2.05) is 79.4 Å². The molecule has 2 aromatic carbocycles. The van der Waals surface area contributed by atoms with Crippen molar-refractivity contribution in [3.8, 4) is 11.3 Å². The van der Waals surface area contributed by atoms with Gasteiger partial charge in [0.15, 0.2) is 0 Å². The van der Waals surface area contributed by atoms with Crippen LogP contribution in [0.2, 0.25) is 0 Å². The molecule has 0 atom stereocenters. The number of rotatable bonds is 1. The van der Waals surface area contributed by atoms with Crippen LogP contribution in [0.4, 0.5) is 0 Å². The molecule has 0 aliphatic carbocycles. The third-order valence-corrected chi connectivity index (χ3v) is 4.70. The average Bonchev–Trinajstić information content (AvgIpc) is 3.32. The molecule has 4 nitrogen and oxygen atoms in total. The average molecular weight is 565 g/mol. The summed E-state index contributed by atoms with van der Waals surface area (Å²) in [4.78, 5) is 12.9. The van der Waals surface area contributed by atoms with Crippen LogP contribution < -0.4 is 0 Å². The Morgan fingerprint density at radius 1 is 0.733 bits per heavy atom. The predicted octanol–water partition coefficient (Wildman–Crippen LogP) is 5.38. The predicted molar refractivity (Wildman–Crippen MR) is 115 cm³/mol. The number of hydrogen-bond acceptors (Lipinski definition) is 3. The Morgan fingerprint density at radius 2 is 1.60 bits per heavy atom. The number of imidazole rings is 1. The van der Waals surface area contributed by atoms with Crippen molar-refractivity contribution in [2.45, 2.75) is 0 Å². The Hall–Kier alpha value is -3.40. The molecule has 5 heteroatoms. The minimum Gasteiger partial charge on any atom is -0.314 e. The quantitative estimate of drug-likeness (QED) is 0.199. The van der Waals surface area contributed by atoms with Crippen molar-refractivity contribution >= 4 is 27.3 Å². The van der Waals surface area contributed by atoms with Crippen LogP contribution in [0, 0.1) is 12.1 Å². The second-order valence-electron chi connectivity index (χ2n) is 6.47. The molecule has 6 aromatic rings. The van der Waals surface area contributed by atoms with Crippen LogP contribution in [0.15, 0.2) is 97.7 Å². The zero-order chi connectivity index (χ0) is 19.5. The third kappa shape index (κ3) is 3.73. The van der Waals surface area contributed by atoms with Gasteiger partial charge in [0.25, 0.3) is 0 Å². The SMILES string of the molecule is [Ir].[c-]1cccc2c1c1ncccc1n1cncc21.[c-]1ccccc1-c1ccccn1. The summed E-state index contributed by atoms with van der Waals surface area (Å²) in [5.74, 6) is 0. The molecule has 6 rings (SSSR count). The van der Waals surface area contributed by atoms with Gasteiger partial charge in [-0.15, -0.1) is 65.5 Å². The van der Waals surface area contributed by atoms with Crippen molar-refractivity contribution in [2.75, 3.05) is 0 Å². The van der Waals surface area contributed by atoms with E-state index in [-0.39, 0.29) is 20.1 Å². The van der Waals surface area contributed by atoms with Gasteiger partial charge >= 0.3 is 0 Å². The molecule has 0 spiro atoms. The molecular formula is C25H16IrN4-2. The fraction of sp³-hybridized carbons (Fsp3) is 0. The summed E-state index contributed by atoms with van der Waals surface area (Å²) < 4.78 is 2.07. The van der Waals surface area contributed by atoms with Crippen molar-refractivity contribution in [1.29, 1.82) is 0 Å². The Balaban J connectivity index is 0.000000149.